The Morgan fingerprint density at radius 1 is 0.977 bits per heavy atom. The fourth-order valence-electron chi connectivity index (χ4n) is 5.69. The van der Waals surface area contributed by atoms with Gasteiger partial charge in [0.25, 0.3) is 0 Å². The molecule has 2 atom stereocenters. The van der Waals surface area contributed by atoms with Crippen LogP contribution < -0.4 is 14.8 Å². The maximum absolute atomic E-state index is 13.9. The van der Waals surface area contributed by atoms with E-state index < -0.39 is 29.2 Å². The van der Waals surface area contributed by atoms with Gasteiger partial charge in [0.05, 0.1) is 49.2 Å². The van der Waals surface area contributed by atoms with Crippen molar-refractivity contribution >= 4 is 12.0 Å². The predicted octanol–water partition coefficient (Wildman–Crippen LogP) is 5.34. The lowest BCUT2D eigenvalue weighted by molar-refractivity contribution is -0.156. The number of carboxylic acids is 1. The van der Waals surface area contributed by atoms with Gasteiger partial charge in [-0.25, -0.2) is 9.59 Å². The number of hydrogen-bond acceptors (Lipinski definition) is 7. The van der Waals surface area contributed by atoms with Crippen LogP contribution in [0.25, 0.3) is 0 Å². The van der Waals surface area contributed by atoms with E-state index in [9.17, 15) is 19.8 Å². The van der Waals surface area contributed by atoms with Crippen LogP contribution in [0.15, 0.2) is 42.5 Å². The Kier molecular flexibility index (Phi) is 10.6. The van der Waals surface area contributed by atoms with E-state index in [0.717, 1.165) is 11.1 Å². The van der Waals surface area contributed by atoms with Crippen molar-refractivity contribution in [2.45, 2.75) is 89.7 Å². The summed E-state index contributed by atoms with van der Waals surface area (Å²) in [4.78, 5) is 27.8. The van der Waals surface area contributed by atoms with Crippen LogP contribution in [0.1, 0.15) is 89.1 Å². The summed E-state index contributed by atoms with van der Waals surface area (Å²) < 4.78 is 23.7. The Balaban J connectivity index is 1.62. The molecular formula is C33H46N2O8. The van der Waals surface area contributed by atoms with Crippen LogP contribution >= 0.6 is 0 Å². The predicted molar refractivity (Wildman–Crippen MR) is 161 cm³/mol. The van der Waals surface area contributed by atoms with Gasteiger partial charge in [-0.05, 0) is 70.7 Å². The van der Waals surface area contributed by atoms with E-state index in [1.807, 2.05) is 77.1 Å². The average Bonchev–Trinajstić information content (AvgIpc) is 3.71. The Morgan fingerprint density at radius 2 is 1.58 bits per heavy atom. The molecule has 2 aliphatic carbocycles. The van der Waals surface area contributed by atoms with Crippen molar-refractivity contribution in [2.75, 3.05) is 33.0 Å². The monoisotopic (exact) mass is 598 g/mol. The van der Waals surface area contributed by atoms with Gasteiger partial charge in [0.15, 0.2) is 0 Å². The summed E-state index contributed by atoms with van der Waals surface area (Å²) in [7, 11) is 0. The van der Waals surface area contributed by atoms with Crippen molar-refractivity contribution < 1.29 is 38.7 Å². The zero-order chi connectivity index (χ0) is 31.2. The number of ether oxygens (including phenoxy) is 4. The van der Waals surface area contributed by atoms with Gasteiger partial charge in [0, 0.05) is 26.0 Å². The molecule has 2 saturated carbocycles. The summed E-state index contributed by atoms with van der Waals surface area (Å²) in [5.74, 6) is -0.0482. The first kappa shape index (κ1) is 32.6. The molecule has 2 aliphatic rings. The second-order valence-electron chi connectivity index (χ2n) is 11.4. The first-order chi connectivity index (χ1) is 20.6. The molecule has 2 amide bonds. The number of hydrogen-bond donors (Lipinski definition) is 3. The third-order valence-electron chi connectivity index (χ3n) is 8.37. The second-order valence-corrected chi connectivity index (χ2v) is 11.4. The number of aliphatic hydroxyl groups is 1. The molecule has 0 aliphatic heterocycles. The lowest BCUT2D eigenvalue weighted by Crippen LogP contribution is -2.66. The van der Waals surface area contributed by atoms with Crippen molar-refractivity contribution in [3.63, 3.8) is 0 Å². The number of carbonyl (C=O) groups excluding carboxylic acids is 1. The first-order valence-electron chi connectivity index (χ1n) is 15.3. The van der Waals surface area contributed by atoms with Crippen molar-refractivity contribution in [2.24, 2.45) is 0 Å². The van der Waals surface area contributed by atoms with Crippen LogP contribution in [0.2, 0.25) is 0 Å². The third-order valence-corrected chi connectivity index (χ3v) is 8.37. The lowest BCUT2D eigenvalue weighted by Gasteiger charge is -2.45. The summed E-state index contributed by atoms with van der Waals surface area (Å²) in [6, 6.07) is 12.5. The number of amides is 2. The molecule has 4 rings (SSSR count). The van der Waals surface area contributed by atoms with E-state index >= 15 is 0 Å². The molecule has 0 spiro atoms. The molecule has 0 aromatic heterocycles. The van der Waals surface area contributed by atoms with E-state index in [1.165, 1.54) is 0 Å². The van der Waals surface area contributed by atoms with Gasteiger partial charge in [-0.15, -0.1) is 0 Å². The SMILES string of the molecule is CCOc1cc([C@@H](C)N(CCO[C@@H](C)c2ccccc2)C(=O)NC2(C(=O)O)CC(OCC)C2)cc(OCC)c1C1(O)CC1. The number of carbonyl (C=O) groups is 2. The largest absolute Gasteiger partial charge is 0.493 e. The number of carboxylic acid groups (broad SMARTS) is 1. The number of aliphatic carboxylic acids is 1. The average molecular weight is 599 g/mol. The minimum absolute atomic E-state index is 0.196. The van der Waals surface area contributed by atoms with Crippen LogP contribution in [-0.2, 0) is 19.9 Å². The molecule has 2 fully saturated rings. The number of rotatable bonds is 16. The molecule has 10 nitrogen and oxygen atoms in total. The second kappa shape index (κ2) is 14.0. The third kappa shape index (κ3) is 7.42. The highest BCUT2D eigenvalue weighted by Gasteiger charge is 2.53. The van der Waals surface area contributed by atoms with Gasteiger partial charge in [-0.1, -0.05) is 30.3 Å². The highest BCUT2D eigenvalue weighted by molar-refractivity contribution is 5.87. The number of nitrogens with zero attached hydrogens (tertiary/aromatic N) is 1. The van der Waals surface area contributed by atoms with Gasteiger partial charge in [0.1, 0.15) is 17.0 Å². The minimum atomic E-state index is -1.40. The highest BCUT2D eigenvalue weighted by Crippen LogP contribution is 2.53. The number of urea groups is 1. The summed E-state index contributed by atoms with van der Waals surface area (Å²) in [6.07, 6.45) is 1.22. The molecule has 3 N–H and O–H groups in total. The molecule has 0 saturated heterocycles. The summed E-state index contributed by atoms with van der Waals surface area (Å²) in [5.41, 5.74) is -0.0197. The summed E-state index contributed by atoms with van der Waals surface area (Å²) in [6.45, 7) is 11.1. The van der Waals surface area contributed by atoms with Gasteiger partial charge in [-0.2, -0.15) is 0 Å². The molecule has 0 heterocycles. The zero-order valence-corrected chi connectivity index (χ0v) is 25.9. The van der Waals surface area contributed by atoms with Gasteiger partial charge < -0.3 is 39.4 Å². The van der Waals surface area contributed by atoms with E-state index in [2.05, 4.69) is 5.32 Å². The van der Waals surface area contributed by atoms with E-state index in [1.54, 1.807) is 4.90 Å². The van der Waals surface area contributed by atoms with Crippen LogP contribution in [0.3, 0.4) is 0 Å². The molecule has 2 aromatic rings. The van der Waals surface area contributed by atoms with Crippen molar-refractivity contribution in [1.29, 1.82) is 0 Å². The van der Waals surface area contributed by atoms with Crippen LogP contribution in [0.5, 0.6) is 11.5 Å². The summed E-state index contributed by atoms with van der Waals surface area (Å²) in [5, 5.41) is 23.9. The normalized spacial score (nSPS) is 21.7. The Hall–Kier alpha value is -3.34. The van der Waals surface area contributed by atoms with Crippen molar-refractivity contribution in [1.82, 2.24) is 10.2 Å². The quantitative estimate of drug-likeness (QED) is 0.236. The van der Waals surface area contributed by atoms with E-state index in [0.29, 0.717) is 49.7 Å². The van der Waals surface area contributed by atoms with Gasteiger partial charge >= 0.3 is 12.0 Å². The van der Waals surface area contributed by atoms with Crippen molar-refractivity contribution in [3.8, 4) is 11.5 Å². The molecule has 43 heavy (non-hydrogen) atoms. The molecule has 10 heteroatoms. The molecular weight excluding hydrogens is 552 g/mol. The molecule has 236 valence electrons. The van der Waals surface area contributed by atoms with Crippen LogP contribution in [0, 0.1) is 0 Å². The highest BCUT2D eigenvalue weighted by atomic mass is 16.5. The Morgan fingerprint density at radius 3 is 2.09 bits per heavy atom. The zero-order valence-electron chi connectivity index (χ0n) is 25.9. The number of nitrogens with one attached hydrogen (secondary N) is 1. The molecule has 0 unspecified atom stereocenters. The van der Waals surface area contributed by atoms with Crippen molar-refractivity contribution in [3.05, 3.63) is 59.2 Å². The molecule has 0 bridgehead atoms. The summed E-state index contributed by atoms with van der Waals surface area (Å²) >= 11 is 0. The van der Waals surface area contributed by atoms with E-state index in [4.69, 9.17) is 18.9 Å². The number of benzene rings is 2. The minimum Gasteiger partial charge on any atom is -0.493 e. The molecule has 0 radical (unpaired) electrons. The van der Waals surface area contributed by atoms with Crippen LogP contribution in [0.4, 0.5) is 4.79 Å². The standard InChI is InChI=1S/C33H46N2O8/c1-6-40-26-20-32(21-26,30(36)37)34-31(38)35(16-17-43-23(5)24-12-10-9-11-13-24)22(4)25-18-27(41-7-2)29(33(39)14-15-33)28(19-25)42-8-3/h9-13,18-19,22-23,26,39H,6-8,14-17,20-21H2,1-5H3,(H,34,38)(H,36,37)/t22-,23+,26?,32?/m1/s1. The fourth-order valence-corrected chi connectivity index (χ4v) is 5.69. The Bertz CT molecular complexity index is 1220. The van der Waals surface area contributed by atoms with Gasteiger partial charge in [0.2, 0.25) is 0 Å². The molecule has 2 aromatic carbocycles. The maximum atomic E-state index is 13.9. The van der Waals surface area contributed by atoms with E-state index in [-0.39, 0.29) is 38.2 Å². The first-order valence-corrected chi connectivity index (χ1v) is 15.3. The lowest BCUT2D eigenvalue weighted by atomic mass is 9.74. The Labute approximate surface area is 254 Å². The maximum Gasteiger partial charge on any atom is 0.329 e. The van der Waals surface area contributed by atoms with Gasteiger partial charge in [-0.3, -0.25) is 0 Å². The topological polar surface area (TPSA) is 127 Å². The smallest absolute Gasteiger partial charge is 0.329 e. The fraction of sp³-hybridized carbons (Fsp3) is 0.576. The van der Waals surface area contributed by atoms with Crippen LogP contribution in [-0.4, -0.2) is 71.7 Å².